The number of benzene rings is 1. The van der Waals surface area contributed by atoms with Crippen LogP contribution in [0.3, 0.4) is 0 Å². The fourth-order valence-corrected chi connectivity index (χ4v) is 4.56. The molecular formula is C24H25N3O4S. The van der Waals surface area contributed by atoms with Crippen LogP contribution in [-0.2, 0) is 13.1 Å². The van der Waals surface area contributed by atoms with Crippen molar-refractivity contribution in [2.75, 3.05) is 13.7 Å². The summed E-state index contributed by atoms with van der Waals surface area (Å²) >= 11 is 1.43. The average molecular weight is 452 g/mol. The average Bonchev–Trinajstić information content (AvgIpc) is 3.43. The highest BCUT2D eigenvalue weighted by Crippen LogP contribution is 2.32. The molecule has 3 heterocycles. The molecule has 166 valence electrons. The zero-order chi connectivity index (χ0) is 22.7. The van der Waals surface area contributed by atoms with Crippen molar-refractivity contribution in [2.24, 2.45) is 0 Å². The van der Waals surface area contributed by atoms with Gasteiger partial charge in [0.15, 0.2) is 0 Å². The molecule has 1 atom stereocenters. The Hall–Kier alpha value is -3.20. The van der Waals surface area contributed by atoms with Gasteiger partial charge in [0.05, 0.1) is 37.4 Å². The third-order valence-corrected chi connectivity index (χ3v) is 6.06. The van der Waals surface area contributed by atoms with Crippen molar-refractivity contribution >= 4 is 21.6 Å². The standard InChI is InChI=1S/C24H25N3O4S/c1-4-24(2,29)15-27(12-18-9-6-10-31-18)13-20-25-22(28)21-19(14-32-23(21)26-20)16-7-5-8-17(11-16)30-3/h4-11,14,29H,1,12-13,15H2,2-3H3,(H,25,26,28). The number of ether oxygens (including phenoxy) is 1. The smallest absolute Gasteiger partial charge is 0.260 e. The lowest BCUT2D eigenvalue weighted by Gasteiger charge is -2.28. The fraction of sp³-hybridized carbons (Fsp3) is 0.250. The number of nitrogens with zero attached hydrogens (tertiary/aromatic N) is 2. The van der Waals surface area contributed by atoms with Gasteiger partial charge in [-0.1, -0.05) is 18.2 Å². The van der Waals surface area contributed by atoms with E-state index in [2.05, 4.69) is 11.6 Å². The SMILES string of the molecule is C=CC(C)(O)CN(Cc1nc2scc(-c3cccc(OC)c3)c2c(=O)[nH]1)Cc1ccco1. The summed E-state index contributed by atoms with van der Waals surface area (Å²) in [6.45, 7) is 6.49. The van der Waals surface area contributed by atoms with E-state index in [0.29, 0.717) is 35.7 Å². The second-order valence-corrected chi connectivity index (χ2v) is 8.72. The molecule has 0 radical (unpaired) electrons. The van der Waals surface area contributed by atoms with Crippen LogP contribution in [0.25, 0.3) is 21.3 Å². The summed E-state index contributed by atoms with van der Waals surface area (Å²) < 4.78 is 10.8. The number of hydrogen-bond donors (Lipinski definition) is 2. The quantitative estimate of drug-likeness (QED) is 0.371. The molecule has 3 aromatic heterocycles. The third kappa shape index (κ3) is 4.83. The second-order valence-electron chi connectivity index (χ2n) is 7.86. The van der Waals surface area contributed by atoms with Crippen LogP contribution in [0.2, 0.25) is 0 Å². The first kappa shape index (κ1) is 22.0. The normalized spacial score (nSPS) is 13.4. The molecule has 0 spiro atoms. The monoisotopic (exact) mass is 451 g/mol. The maximum Gasteiger partial charge on any atom is 0.260 e. The van der Waals surface area contributed by atoms with Crippen LogP contribution in [0.5, 0.6) is 5.75 Å². The number of aromatic nitrogens is 2. The van der Waals surface area contributed by atoms with Gasteiger partial charge in [0.2, 0.25) is 0 Å². The Morgan fingerprint density at radius 3 is 2.91 bits per heavy atom. The lowest BCUT2D eigenvalue weighted by Crippen LogP contribution is -2.39. The van der Waals surface area contributed by atoms with Gasteiger partial charge in [-0.25, -0.2) is 4.98 Å². The zero-order valence-electron chi connectivity index (χ0n) is 18.0. The van der Waals surface area contributed by atoms with Gasteiger partial charge in [-0.05, 0) is 36.8 Å². The minimum atomic E-state index is -1.10. The van der Waals surface area contributed by atoms with E-state index in [1.165, 1.54) is 17.4 Å². The fourth-order valence-electron chi connectivity index (χ4n) is 3.59. The van der Waals surface area contributed by atoms with E-state index in [9.17, 15) is 9.90 Å². The molecule has 0 aliphatic heterocycles. The van der Waals surface area contributed by atoms with E-state index >= 15 is 0 Å². The van der Waals surface area contributed by atoms with Crippen LogP contribution in [0, 0.1) is 0 Å². The highest BCUT2D eigenvalue weighted by Gasteiger charge is 2.23. The van der Waals surface area contributed by atoms with Crippen LogP contribution in [0.1, 0.15) is 18.5 Å². The Kier molecular flexibility index (Phi) is 6.27. The molecule has 0 bridgehead atoms. The van der Waals surface area contributed by atoms with E-state index in [4.69, 9.17) is 14.1 Å². The Bertz CT molecular complexity index is 1270. The predicted octanol–water partition coefficient (Wildman–Crippen LogP) is 4.19. The Morgan fingerprint density at radius 1 is 1.34 bits per heavy atom. The molecule has 0 amide bonds. The number of methoxy groups -OCH3 is 1. The van der Waals surface area contributed by atoms with Crippen molar-refractivity contribution in [2.45, 2.75) is 25.6 Å². The summed E-state index contributed by atoms with van der Waals surface area (Å²) in [5, 5.41) is 13.0. The van der Waals surface area contributed by atoms with Crippen LogP contribution in [0.4, 0.5) is 0 Å². The van der Waals surface area contributed by atoms with Gasteiger partial charge in [-0.2, -0.15) is 0 Å². The number of rotatable bonds is 9. The number of furan rings is 1. The first-order chi connectivity index (χ1) is 15.4. The topological polar surface area (TPSA) is 91.6 Å². The number of H-pyrrole nitrogens is 1. The highest BCUT2D eigenvalue weighted by atomic mass is 32.1. The van der Waals surface area contributed by atoms with Crippen molar-refractivity contribution in [3.8, 4) is 16.9 Å². The molecule has 7 nitrogen and oxygen atoms in total. The maximum absolute atomic E-state index is 13.0. The third-order valence-electron chi connectivity index (χ3n) is 5.19. The Balaban J connectivity index is 1.66. The van der Waals surface area contributed by atoms with Crippen LogP contribution < -0.4 is 10.3 Å². The van der Waals surface area contributed by atoms with Gasteiger partial charge in [-0.15, -0.1) is 17.9 Å². The van der Waals surface area contributed by atoms with Gasteiger partial charge < -0.3 is 19.2 Å². The lowest BCUT2D eigenvalue weighted by molar-refractivity contribution is 0.0518. The van der Waals surface area contributed by atoms with Crippen molar-refractivity contribution < 1.29 is 14.3 Å². The first-order valence-corrected chi connectivity index (χ1v) is 11.0. The summed E-state index contributed by atoms with van der Waals surface area (Å²) in [7, 11) is 1.61. The van der Waals surface area contributed by atoms with E-state index < -0.39 is 5.60 Å². The largest absolute Gasteiger partial charge is 0.497 e. The molecular weight excluding hydrogens is 426 g/mol. The lowest BCUT2D eigenvalue weighted by atomic mass is 10.1. The van der Waals surface area contributed by atoms with Crippen LogP contribution >= 0.6 is 11.3 Å². The van der Waals surface area contributed by atoms with Crippen LogP contribution in [0.15, 0.2) is 69.9 Å². The molecule has 0 saturated heterocycles. The maximum atomic E-state index is 13.0. The number of thiophene rings is 1. The highest BCUT2D eigenvalue weighted by molar-refractivity contribution is 7.17. The minimum absolute atomic E-state index is 0.197. The second kappa shape index (κ2) is 9.12. The minimum Gasteiger partial charge on any atom is -0.497 e. The predicted molar refractivity (Wildman–Crippen MR) is 126 cm³/mol. The molecule has 4 rings (SSSR count). The van der Waals surface area contributed by atoms with Crippen molar-refractivity contribution in [1.29, 1.82) is 0 Å². The molecule has 8 heteroatoms. The van der Waals surface area contributed by atoms with Gasteiger partial charge in [0.25, 0.3) is 5.56 Å². The van der Waals surface area contributed by atoms with Crippen molar-refractivity contribution in [1.82, 2.24) is 14.9 Å². The molecule has 0 saturated carbocycles. The van der Waals surface area contributed by atoms with E-state index in [1.54, 1.807) is 20.3 Å². The molecule has 2 N–H and O–H groups in total. The number of fused-ring (bicyclic) bond motifs is 1. The summed E-state index contributed by atoms with van der Waals surface area (Å²) in [6.07, 6.45) is 3.11. The molecule has 0 aliphatic rings. The van der Waals surface area contributed by atoms with Gasteiger partial charge >= 0.3 is 0 Å². The number of hydrogen-bond acceptors (Lipinski definition) is 7. The van der Waals surface area contributed by atoms with Gasteiger partial charge in [0.1, 0.15) is 22.2 Å². The molecule has 32 heavy (non-hydrogen) atoms. The summed E-state index contributed by atoms with van der Waals surface area (Å²) in [4.78, 5) is 23.3. The molecule has 0 fully saturated rings. The summed E-state index contributed by atoms with van der Waals surface area (Å²) in [5.74, 6) is 2.00. The van der Waals surface area contributed by atoms with Crippen LogP contribution in [-0.4, -0.2) is 39.2 Å². The Morgan fingerprint density at radius 2 is 2.19 bits per heavy atom. The first-order valence-electron chi connectivity index (χ1n) is 10.1. The number of nitrogens with one attached hydrogen (secondary N) is 1. The van der Waals surface area contributed by atoms with Gasteiger partial charge in [0, 0.05) is 17.5 Å². The van der Waals surface area contributed by atoms with E-state index in [0.717, 1.165) is 22.6 Å². The van der Waals surface area contributed by atoms with E-state index in [-0.39, 0.29) is 5.56 Å². The van der Waals surface area contributed by atoms with Crippen molar-refractivity contribution in [3.63, 3.8) is 0 Å². The van der Waals surface area contributed by atoms with Crippen molar-refractivity contribution in [3.05, 3.63) is 82.6 Å². The molecule has 1 aromatic carbocycles. The molecule has 0 aliphatic carbocycles. The molecule has 1 unspecified atom stereocenters. The summed E-state index contributed by atoms with van der Waals surface area (Å²) in [6, 6.07) is 11.3. The number of aliphatic hydroxyl groups is 1. The van der Waals surface area contributed by atoms with Gasteiger partial charge in [-0.3, -0.25) is 9.69 Å². The summed E-state index contributed by atoms with van der Waals surface area (Å²) in [5.41, 5.74) is 0.431. The molecule has 4 aromatic rings. The van der Waals surface area contributed by atoms with E-state index in [1.807, 2.05) is 46.7 Å². The Labute approximate surface area is 189 Å². The number of aromatic amines is 1. The zero-order valence-corrected chi connectivity index (χ0v) is 18.8.